The van der Waals surface area contributed by atoms with Gasteiger partial charge in [-0.15, -0.1) is 0 Å². The summed E-state index contributed by atoms with van der Waals surface area (Å²) in [6, 6.07) is 11.4. The van der Waals surface area contributed by atoms with Crippen LogP contribution >= 0.6 is 11.6 Å². The van der Waals surface area contributed by atoms with Crippen LogP contribution in [-0.4, -0.2) is 25.5 Å². The number of ether oxygens (including phenoxy) is 1. The molecule has 3 rings (SSSR count). The van der Waals surface area contributed by atoms with Gasteiger partial charge in [-0.25, -0.2) is 0 Å². The van der Waals surface area contributed by atoms with Gasteiger partial charge in [0.15, 0.2) is 0 Å². The summed E-state index contributed by atoms with van der Waals surface area (Å²) < 4.78 is 5.23. The van der Waals surface area contributed by atoms with Gasteiger partial charge in [-0.05, 0) is 55.2 Å². The summed E-state index contributed by atoms with van der Waals surface area (Å²) in [6.07, 6.45) is 0. The fourth-order valence-corrected chi connectivity index (χ4v) is 3.81. The third-order valence-corrected chi connectivity index (χ3v) is 5.39. The van der Waals surface area contributed by atoms with Crippen LogP contribution < -0.4 is 4.90 Å². The molecule has 0 fully saturated rings. The fraction of sp³-hybridized carbons (Fsp3) is 0.333. The van der Waals surface area contributed by atoms with Crippen molar-refractivity contribution in [3.05, 3.63) is 63.7 Å². The summed E-state index contributed by atoms with van der Waals surface area (Å²) in [5.41, 5.74) is 4.69. The highest BCUT2D eigenvalue weighted by Gasteiger charge is 2.45. The maximum absolute atomic E-state index is 13.1. The maximum Gasteiger partial charge on any atom is 0.319 e. The van der Waals surface area contributed by atoms with Crippen LogP contribution in [0.3, 0.4) is 0 Å². The molecule has 1 aliphatic rings. The van der Waals surface area contributed by atoms with E-state index in [1.54, 1.807) is 24.9 Å². The number of fused-ring (bicyclic) bond motifs is 1. The zero-order chi connectivity index (χ0) is 19.0. The smallest absolute Gasteiger partial charge is 0.319 e. The second kappa shape index (κ2) is 7.12. The van der Waals surface area contributed by atoms with Gasteiger partial charge in [0, 0.05) is 23.7 Å². The molecule has 5 heteroatoms. The number of nitrogens with zero attached hydrogens (tertiary/aromatic N) is 1. The molecule has 1 aliphatic heterocycles. The molecular weight excluding hydrogens is 350 g/mol. The molecule has 0 aromatic heterocycles. The van der Waals surface area contributed by atoms with Gasteiger partial charge >= 0.3 is 5.97 Å². The highest BCUT2D eigenvalue weighted by molar-refractivity contribution is 6.31. The first-order chi connectivity index (χ1) is 12.4. The molecule has 2 atom stereocenters. The number of hydrogen-bond donors (Lipinski definition) is 0. The van der Waals surface area contributed by atoms with Crippen LogP contribution in [0.4, 0.5) is 5.69 Å². The van der Waals surface area contributed by atoms with E-state index in [4.69, 9.17) is 16.3 Å². The topological polar surface area (TPSA) is 46.6 Å². The van der Waals surface area contributed by atoms with Crippen LogP contribution in [0.1, 0.15) is 35.1 Å². The van der Waals surface area contributed by atoms with E-state index in [0.717, 1.165) is 27.9 Å². The van der Waals surface area contributed by atoms with Crippen LogP contribution in [0.25, 0.3) is 0 Å². The lowest BCUT2D eigenvalue weighted by Gasteiger charge is -2.37. The van der Waals surface area contributed by atoms with Gasteiger partial charge in [-0.3, -0.25) is 9.59 Å². The molecule has 0 radical (unpaired) electrons. The lowest BCUT2D eigenvalue weighted by molar-refractivity contribution is -0.152. The molecule has 1 amide bonds. The first kappa shape index (κ1) is 18.5. The molecule has 1 heterocycles. The van der Waals surface area contributed by atoms with Crippen molar-refractivity contribution in [2.45, 2.75) is 26.7 Å². The number of halogens is 1. The first-order valence-electron chi connectivity index (χ1n) is 8.66. The van der Waals surface area contributed by atoms with E-state index in [0.29, 0.717) is 5.02 Å². The number of aryl methyl sites for hydroxylation is 2. The highest BCUT2D eigenvalue weighted by Crippen LogP contribution is 2.46. The predicted molar refractivity (Wildman–Crippen MR) is 103 cm³/mol. The Kier molecular flexibility index (Phi) is 5.05. The van der Waals surface area contributed by atoms with Gasteiger partial charge in [0.2, 0.25) is 5.91 Å². The number of hydrogen-bond acceptors (Lipinski definition) is 3. The zero-order valence-electron chi connectivity index (χ0n) is 15.4. The Morgan fingerprint density at radius 3 is 2.46 bits per heavy atom. The molecule has 136 valence electrons. The van der Waals surface area contributed by atoms with Crippen molar-refractivity contribution in [1.82, 2.24) is 0 Å². The average Bonchev–Trinajstić information content (AvgIpc) is 2.60. The summed E-state index contributed by atoms with van der Waals surface area (Å²) in [6.45, 7) is 5.99. The first-order valence-corrected chi connectivity index (χ1v) is 9.04. The largest absolute Gasteiger partial charge is 0.465 e. The minimum Gasteiger partial charge on any atom is -0.465 e. The quantitative estimate of drug-likeness (QED) is 0.598. The third-order valence-electron chi connectivity index (χ3n) is 5.05. The Morgan fingerprint density at radius 2 is 1.81 bits per heavy atom. The Bertz CT molecular complexity index is 878. The number of esters is 1. The van der Waals surface area contributed by atoms with Crippen molar-refractivity contribution in [3.63, 3.8) is 0 Å². The van der Waals surface area contributed by atoms with Crippen molar-refractivity contribution in [2.24, 2.45) is 5.92 Å². The lowest BCUT2D eigenvalue weighted by atomic mass is 9.75. The minimum atomic E-state index is -0.950. The fourth-order valence-electron chi connectivity index (χ4n) is 3.56. The van der Waals surface area contributed by atoms with Crippen LogP contribution in [0, 0.1) is 19.8 Å². The number of benzene rings is 2. The Labute approximate surface area is 158 Å². The van der Waals surface area contributed by atoms with Gasteiger partial charge in [-0.1, -0.05) is 35.9 Å². The molecule has 4 nitrogen and oxygen atoms in total. The summed E-state index contributed by atoms with van der Waals surface area (Å²) in [7, 11) is 1.70. The van der Waals surface area contributed by atoms with Gasteiger partial charge in [0.05, 0.1) is 6.61 Å². The van der Waals surface area contributed by atoms with E-state index in [2.05, 4.69) is 0 Å². The molecule has 2 aromatic carbocycles. The van der Waals surface area contributed by atoms with Gasteiger partial charge in [0.25, 0.3) is 0 Å². The van der Waals surface area contributed by atoms with Crippen LogP contribution in [0.5, 0.6) is 0 Å². The second-order valence-electron chi connectivity index (χ2n) is 6.62. The Morgan fingerprint density at radius 1 is 1.15 bits per heavy atom. The number of amides is 1. The van der Waals surface area contributed by atoms with Crippen LogP contribution in [-0.2, 0) is 14.3 Å². The predicted octanol–water partition coefficient (Wildman–Crippen LogP) is 4.24. The molecule has 0 bridgehead atoms. The number of carbonyl (C=O) groups is 2. The summed E-state index contributed by atoms with van der Waals surface area (Å²) >= 11 is 6.45. The standard InChI is InChI=1S/C21H22ClNO3/c1-5-26-21(25)19-18(14-8-6-7-9-16(14)22)15-10-12(2)13(3)11-17(15)23(4)20(19)24/h6-11,18-19H,5H2,1-4H3. The maximum atomic E-state index is 13.1. The van der Waals surface area contributed by atoms with Crippen molar-refractivity contribution < 1.29 is 14.3 Å². The van der Waals surface area contributed by atoms with Crippen molar-refractivity contribution >= 4 is 29.2 Å². The van der Waals surface area contributed by atoms with E-state index in [1.165, 1.54) is 0 Å². The Balaban J connectivity index is 2.28. The number of carbonyl (C=O) groups excluding carboxylic acids is 2. The summed E-state index contributed by atoms with van der Waals surface area (Å²) in [4.78, 5) is 27.3. The number of anilines is 1. The van der Waals surface area contributed by atoms with E-state index < -0.39 is 17.8 Å². The molecule has 26 heavy (non-hydrogen) atoms. The van der Waals surface area contributed by atoms with Crippen LogP contribution in [0.2, 0.25) is 5.02 Å². The van der Waals surface area contributed by atoms with E-state index >= 15 is 0 Å². The third kappa shape index (κ3) is 2.99. The molecule has 2 aromatic rings. The monoisotopic (exact) mass is 371 g/mol. The van der Waals surface area contributed by atoms with Gasteiger partial charge in [-0.2, -0.15) is 0 Å². The molecule has 0 aliphatic carbocycles. The normalized spacial score (nSPS) is 19.3. The Hall–Kier alpha value is -2.33. The van der Waals surface area contributed by atoms with Crippen molar-refractivity contribution in [1.29, 1.82) is 0 Å². The average molecular weight is 372 g/mol. The number of rotatable bonds is 3. The molecule has 2 unspecified atom stereocenters. The lowest BCUT2D eigenvalue weighted by Crippen LogP contribution is -2.45. The van der Waals surface area contributed by atoms with E-state index in [-0.39, 0.29) is 12.5 Å². The molecule has 0 N–H and O–H groups in total. The SMILES string of the molecule is CCOC(=O)C1C(=O)N(C)c2cc(C)c(C)cc2C1c1ccccc1Cl. The molecule has 0 saturated carbocycles. The molecule has 0 spiro atoms. The molecule has 0 saturated heterocycles. The van der Waals surface area contributed by atoms with Crippen molar-refractivity contribution in [3.8, 4) is 0 Å². The zero-order valence-corrected chi connectivity index (χ0v) is 16.1. The second-order valence-corrected chi connectivity index (χ2v) is 7.03. The molecular formula is C21H22ClNO3. The van der Waals surface area contributed by atoms with E-state index in [9.17, 15) is 9.59 Å². The summed E-state index contributed by atoms with van der Waals surface area (Å²) in [5.74, 6) is -2.21. The van der Waals surface area contributed by atoms with Gasteiger partial charge in [0.1, 0.15) is 5.92 Å². The van der Waals surface area contributed by atoms with Gasteiger partial charge < -0.3 is 9.64 Å². The highest BCUT2D eigenvalue weighted by atomic mass is 35.5. The van der Waals surface area contributed by atoms with E-state index in [1.807, 2.05) is 44.2 Å². The van der Waals surface area contributed by atoms with Crippen LogP contribution in [0.15, 0.2) is 36.4 Å². The minimum absolute atomic E-state index is 0.224. The van der Waals surface area contributed by atoms with Crippen molar-refractivity contribution in [2.75, 3.05) is 18.6 Å². The summed E-state index contributed by atoms with van der Waals surface area (Å²) in [5, 5.41) is 0.535.